The molecule has 41 nitrogen and oxygen atoms in total. The third-order valence-corrected chi connectivity index (χ3v) is 21.3. The Morgan fingerprint density at radius 3 is 1.12 bits per heavy atom. The van der Waals surface area contributed by atoms with Crippen molar-refractivity contribution in [2.75, 3.05) is 174 Å². The van der Waals surface area contributed by atoms with Crippen LogP contribution in [0.3, 0.4) is 0 Å². The van der Waals surface area contributed by atoms with E-state index in [4.69, 9.17) is 118 Å². The Morgan fingerprint density at radius 1 is 0.426 bits per heavy atom. The van der Waals surface area contributed by atoms with Gasteiger partial charge >= 0.3 is 70.5 Å². The van der Waals surface area contributed by atoms with Crippen molar-refractivity contribution in [3.05, 3.63) is 268 Å². The van der Waals surface area contributed by atoms with Gasteiger partial charge in [0.15, 0.2) is 57.8 Å². The van der Waals surface area contributed by atoms with Crippen LogP contribution in [0.5, 0.6) is 23.0 Å². The smallest absolute Gasteiger partial charge is 1.00 e. The number of ether oxygens (including phenoxy) is 8. The number of nitrogens with one attached hydrogen (secondary N) is 2. The summed E-state index contributed by atoms with van der Waals surface area (Å²) in [4.78, 5) is 91.8. The minimum Gasteiger partial charge on any atom is -1.00 e. The first-order valence-electron chi connectivity index (χ1n) is 42.1. The predicted octanol–water partition coefficient (Wildman–Crippen LogP) is 5.91. The van der Waals surface area contributed by atoms with Crippen molar-refractivity contribution in [3.8, 4) is 68.5 Å². The number of hydrogen-bond donors (Lipinski definition) is 4. The van der Waals surface area contributed by atoms with E-state index in [0.29, 0.717) is 132 Å². The van der Waals surface area contributed by atoms with Gasteiger partial charge in [0.25, 0.3) is 0 Å². The Balaban J connectivity index is 0.000000194. The molecule has 4 aromatic carbocycles. The fourth-order valence-electron chi connectivity index (χ4n) is 13.2. The summed E-state index contributed by atoms with van der Waals surface area (Å²) in [6.07, 6.45) is 13.6. The molecule has 0 aliphatic carbocycles. The molecule has 9 aromatic heterocycles. The number of halogens is 5. The molecule has 13 heterocycles. The van der Waals surface area contributed by atoms with Crippen molar-refractivity contribution in [1.29, 1.82) is 0 Å². The van der Waals surface area contributed by atoms with E-state index in [1.54, 1.807) is 72.5 Å². The zero-order valence-electron chi connectivity index (χ0n) is 75.3. The second-order valence-corrected chi connectivity index (χ2v) is 31.2. The summed E-state index contributed by atoms with van der Waals surface area (Å²) in [6.45, 7) is 21.6. The van der Waals surface area contributed by atoms with E-state index < -0.39 is 9.85 Å². The van der Waals surface area contributed by atoms with E-state index in [9.17, 15) is 20.2 Å². The Bertz CT molecular complexity index is 5870. The van der Waals surface area contributed by atoms with Crippen molar-refractivity contribution >= 4 is 97.9 Å². The third kappa shape index (κ3) is 35.6. The van der Waals surface area contributed by atoms with Gasteiger partial charge in [0.05, 0.1) is 125 Å². The fraction of sp³-hybridized carbons (Fsp3) is 0.318. The Kier molecular flexibility index (Phi) is 45.6. The summed E-state index contributed by atoms with van der Waals surface area (Å²) in [5.41, 5.74) is 20.8. The average molecular weight is 1980 g/mol. The van der Waals surface area contributed by atoms with Crippen LogP contribution in [0.4, 0.5) is 28.7 Å². The van der Waals surface area contributed by atoms with Crippen LogP contribution >= 0.6 is 58.0 Å². The van der Waals surface area contributed by atoms with Gasteiger partial charge in [-0.25, -0.2) is 64.5 Å². The first-order valence-corrected chi connectivity index (χ1v) is 44.0. The third-order valence-electron chi connectivity index (χ3n) is 20.1. The second-order valence-electron chi connectivity index (χ2n) is 29.3. The minimum absolute atomic E-state index is 0. The zero-order valence-corrected chi connectivity index (χ0v) is 82.1. The van der Waals surface area contributed by atoms with Gasteiger partial charge in [0.1, 0.15) is 57.9 Å². The number of rotatable bonds is 32. The normalized spacial score (nSPS) is 13.7. The van der Waals surface area contributed by atoms with Gasteiger partial charge in [0, 0.05) is 133 Å². The molecule has 704 valence electrons. The largest absolute Gasteiger partial charge is 1.00 e. The summed E-state index contributed by atoms with van der Waals surface area (Å²) in [6, 6.07) is 43.7. The maximum absolute atomic E-state index is 11.2. The number of nitro groups is 2. The quantitative estimate of drug-likeness (QED) is 0.00950. The van der Waals surface area contributed by atoms with Crippen molar-refractivity contribution in [2.45, 2.75) is 26.2 Å². The van der Waals surface area contributed by atoms with Crippen molar-refractivity contribution in [1.82, 2.24) is 94.4 Å². The van der Waals surface area contributed by atoms with E-state index in [1.807, 2.05) is 103 Å². The summed E-state index contributed by atoms with van der Waals surface area (Å²) in [5, 5.41) is 46.6. The number of morpholine rings is 4. The summed E-state index contributed by atoms with van der Waals surface area (Å²) in [5.74, 6) is 5.83. The summed E-state index contributed by atoms with van der Waals surface area (Å²) in [7, 11) is 0. The first kappa shape index (κ1) is 107. The first-order chi connectivity index (χ1) is 65.4. The minimum atomic E-state index is -0.619. The Hall–Kier alpha value is -11.0. The van der Waals surface area contributed by atoms with Gasteiger partial charge in [0.2, 0.25) is 11.0 Å². The molecule has 4 fully saturated rings. The molecule has 4 aliphatic heterocycles. The Labute approximate surface area is 852 Å². The van der Waals surface area contributed by atoms with Gasteiger partial charge < -0.3 is 71.7 Å². The molecular formula is C88H95Cl5N26Na2O15. The molecule has 6 N–H and O–H groups in total. The predicted molar refractivity (Wildman–Crippen MR) is 501 cm³/mol. The van der Waals surface area contributed by atoms with E-state index in [0.717, 1.165) is 176 Å². The molecule has 0 amide bonds. The summed E-state index contributed by atoms with van der Waals surface area (Å²) >= 11 is 28.6. The van der Waals surface area contributed by atoms with Crippen molar-refractivity contribution in [2.24, 2.45) is 11.1 Å². The monoisotopic (exact) mass is 1980 g/mol. The topological polar surface area (TPSA) is 496 Å². The number of hydrogen-bond acceptors (Lipinski definition) is 38. The van der Waals surface area contributed by atoms with E-state index in [-0.39, 0.29) is 93.2 Å². The molecule has 0 bridgehead atoms. The van der Waals surface area contributed by atoms with Crippen LogP contribution < -0.4 is 105 Å². The van der Waals surface area contributed by atoms with Gasteiger partial charge in [-0.3, -0.25) is 39.8 Å². The second kappa shape index (κ2) is 57.9. The maximum Gasteiger partial charge on any atom is 1.00 e. The van der Waals surface area contributed by atoms with E-state index in [1.165, 1.54) is 29.6 Å². The van der Waals surface area contributed by atoms with Crippen molar-refractivity contribution in [3.63, 3.8) is 0 Å². The van der Waals surface area contributed by atoms with Crippen LogP contribution in [-0.4, -0.2) is 262 Å². The maximum atomic E-state index is 11.2. The molecule has 0 atom stereocenters. The van der Waals surface area contributed by atoms with Crippen LogP contribution in [0.2, 0.25) is 25.8 Å². The Morgan fingerprint density at radius 2 is 0.750 bits per heavy atom. The van der Waals surface area contributed by atoms with Crippen LogP contribution in [-0.2, 0) is 50.1 Å². The van der Waals surface area contributed by atoms with Gasteiger partial charge in [-0.05, 0) is 82.9 Å². The number of nitrogens with zero attached hydrogens (tertiary/aromatic N) is 22. The van der Waals surface area contributed by atoms with E-state index in [2.05, 4.69) is 105 Å². The molecule has 4 aliphatic rings. The molecule has 0 radical (unpaired) electrons. The van der Waals surface area contributed by atoms with Gasteiger partial charge in [-0.1, -0.05) is 136 Å². The number of nitrogen functional groups attached to an aromatic ring is 1. The van der Waals surface area contributed by atoms with Crippen LogP contribution in [0, 0.1) is 25.1 Å². The van der Waals surface area contributed by atoms with Gasteiger partial charge in [-0.2, -0.15) is 0 Å². The molecule has 13 aromatic rings. The van der Waals surface area contributed by atoms with Crippen LogP contribution in [0.1, 0.15) is 23.7 Å². The van der Waals surface area contributed by atoms with Gasteiger partial charge in [-0.15, -0.1) is 10.0 Å². The molecule has 17 rings (SSSR count). The number of pyridine rings is 4. The molecule has 0 unspecified atom stereocenters. The molecule has 0 saturated carbocycles. The zero-order chi connectivity index (χ0) is 94.0. The summed E-state index contributed by atoms with van der Waals surface area (Å²) < 4.78 is 46.2. The number of anilines is 3. The number of aromatic nitrogens is 15. The molecule has 0 spiro atoms. The standard InChI is InChI=1S/C22H22ClN7O2.C22H23ClN6O4.C22H25ClN6O2.C17H22N4O2.C5H2Cl2N2O2.HNO3.2Na.H/c23-20-5-4-19-22(26-20)30(28-27-19)15-16-2-1-3-17(12-16)21-24-13-18(14-25-21)32-11-8-29-6-9-31-10-7-29;23-20-5-4-19(29(30)31)22(27-20)24-13-16-2-1-3-17(12-16)21-25-14-18(15-26-21)33-11-8-28-6-9-32-10-7-28;23-20-5-4-19(24)22(28-20)25-13-16-2-1-3-17(12-16)21-26-14-18(15-27-21)31-11-8-29-6-9-30-10-7-29;18-11-14-2-1-3-15(10-14)17-19-12-16(13-20-17)23-9-6-21-4-7-22-8-5-21;6-4-2-1-3(9(10)11)5(7)8-4;2-1-4-3;;;/h1-5,12-14H,6-11,15H2;1-5,12,14-15H,6-11,13H2,(H,24,27);1-5,12,14-15H,6-11,13,24H2,(H,25,28);1-3,10,12-13H,4-9,11,18H2;1-2H;3H;;;/q;;;;;;2*+1;-1/p-1. The molecule has 4 saturated heterocycles. The SMILES string of the molecule is Clc1ccc2nnn(Cc3cccc(-c4ncc(OCCN5CCOCC5)cn4)c3)c2n1.NCc1cccc(-c2ncc(OCCN3CCOCC3)cn2)c1.Nc1ccc(Cl)nc1NCc1cccc(-c2ncc(OCCN3CCOCC3)cn2)c1.O=NO[O-].O=[N+]([O-])c1ccc(Cl)nc1Cl.O=[N+]([O-])c1ccc(Cl)nc1NCc1cccc(-c2ncc(OCCN3CCOCC3)cn2)c1.[H-].[Na+].[Na+]. The molecule has 48 heteroatoms. The fourth-order valence-corrected chi connectivity index (χ4v) is 14.1. The van der Waals surface area contributed by atoms with Crippen LogP contribution in [0.25, 0.3) is 56.7 Å². The number of fused-ring (bicyclic) bond motifs is 1. The van der Waals surface area contributed by atoms with E-state index >= 15 is 0 Å². The number of benzene rings is 4. The molecule has 136 heavy (non-hydrogen) atoms. The van der Waals surface area contributed by atoms with Crippen LogP contribution in [0.15, 0.2) is 201 Å². The average Bonchev–Trinajstić information content (AvgIpc) is 1.66. The molecular weight excluding hydrogens is 1880 g/mol. The number of nitrogens with two attached hydrogens (primary N) is 2. The van der Waals surface area contributed by atoms with Crippen molar-refractivity contribution < 1.29 is 119 Å².